The van der Waals surface area contributed by atoms with Crippen molar-refractivity contribution in [3.05, 3.63) is 59.9 Å². The van der Waals surface area contributed by atoms with E-state index in [2.05, 4.69) is 55.7 Å². The number of nitrogens with zero attached hydrogens (tertiary/aromatic N) is 2. The molecular weight excluding hydrogens is 272 g/mol. The molecule has 3 nitrogen and oxygen atoms in total. The molecule has 0 radical (unpaired) electrons. The molecule has 0 saturated heterocycles. The molecule has 0 unspecified atom stereocenters. The van der Waals surface area contributed by atoms with Gasteiger partial charge in [-0.05, 0) is 42.7 Å². The minimum Gasteiger partial charge on any atom is -0.486 e. The Hall–Kier alpha value is -2.29. The molecule has 1 heterocycles. The van der Waals surface area contributed by atoms with Crippen LogP contribution in [0.3, 0.4) is 0 Å². The summed E-state index contributed by atoms with van der Waals surface area (Å²) in [6.07, 6.45) is 0. The quantitative estimate of drug-likeness (QED) is 0.688. The van der Waals surface area contributed by atoms with Crippen molar-refractivity contribution in [3.63, 3.8) is 0 Å². The predicted molar refractivity (Wildman–Crippen MR) is 90.1 cm³/mol. The highest BCUT2D eigenvalue weighted by molar-refractivity contribution is 5.75. The molecule has 0 N–H and O–H groups in total. The first-order valence-electron chi connectivity index (χ1n) is 7.77. The molecule has 0 aliphatic carbocycles. The van der Waals surface area contributed by atoms with E-state index in [1.807, 2.05) is 18.2 Å². The molecule has 0 fully saturated rings. The summed E-state index contributed by atoms with van der Waals surface area (Å²) in [7, 11) is 0. The van der Waals surface area contributed by atoms with E-state index in [4.69, 9.17) is 9.72 Å². The average molecular weight is 294 g/mol. The highest BCUT2D eigenvalue weighted by Gasteiger charge is 2.12. The van der Waals surface area contributed by atoms with Gasteiger partial charge in [0.05, 0.1) is 11.0 Å². The summed E-state index contributed by atoms with van der Waals surface area (Å²) in [5, 5.41) is 0. The number of aryl methyl sites for hydroxylation is 1. The molecule has 0 atom stereocenters. The van der Waals surface area contributed by atoms with Crippen LogP contribution in [0.2, 0.25) is 0 Å². The first kappa shape index (κ1) is 14.6. The first-order valence-corrected chi connectivity index (χ1v) is 7.77. The topological polar surface area (TPSA) is 27.1 Å². The Balaban J connectivity index is 1.89. The van der Waals surface area contributed by atoms with Crippen molar-refractivity contribution in [2.45, 2.75) is 33.9 Å². The Bertz CT molecular complexity index is 774. The number of para-hydroxylation sites is 2. The van der Waals surface area contributed by atoms with E-state index in [1.165, 1.54) is 11.1 Å². The number of benzene rings is 2. The Morgan fingerprint density at radius 2 is 1.91 bits per heavy atom. The smallest absolute Gasteiger partial charge is 0.148 e. The van der Waals surface area contributed by atoms with E-state index >= 15 is 0 Å². The molecule has 0 saturated carbocycles. The van der Waals surface area contributed by atoms with Crippen molar-refractivity contribution < 1.29 is 4.74 Å². The van der Waals surface area contributed by atoms with Gasteiger partial charge in [-0.25, -0.2) is 4.98 Å². The lowest BCUT2D eigenvalue weighted by Crippen LogP contribution is -2.11. The van der Waals surface area contributed by atoms with Gasteiger partial charge in [0, 0.05) is 6.54 Å². The summed E-state index contributed by atoms with van der Waals surface area (Å²) in [5.74, 6) is 2.44. The fraction of sp³-hybridized carbons (Fsp3) is 0.316. The van der Waals surface area contributed by atoms with E-state index in [-0.39, 0.29) is 0 Å². The number of ether oxygens (including phenoxy) is 1. The summed E-state index contributed by atoms with van der Waals surface area (Å²) >= 11 is 0. The number of hydrogen-bond acceptors (Lipinski definition) is 2. The van der Waals surface area contributed by atoms with Gasteiger partial charge in [-0.3, -0.25) is 0 Å². The van der Waals surface area contributed by atoms with Crippen LogP contribution in [0.15, 0.2) is 48.5 Å². The van der Waals surface area contributed by atoms with Crippen molar-refractivity contribution in [1.29, 1.82) is 0 Å². The average Bonchev–Trinajstić information content (AvgIpc) is 2.83. The molecule has 3 aromatic rings. The number of hydrogen-bond donors (Lipinski definition) is 0. The zero-order chi connectivity index (χ0) is 15.5. The van der Waals surface area contributed by atoms with E-state index in [9.17, 15) is 0 Å². The number of rotatable bonds is 5. The standard InChI is InChI=1S/C19H22N2O/c1-14(2)12-21-18-10-5-4-9-17(18)20-19(21)13-22-16-8-6-7-15(3)11-16/h4-11,14H,12-13H2,1-3H3. The van der Waals surface area contributed by atoms with Crippen molar-refractivity contribution in [1.82, 2.24) is 9.55 Å². The molecule has 0 amide bonds. The summed E-state index contributed by atoms with van der Waals surface area (Å²) in [6, 6.07) is 16.4. The third-order valence-electron chi connectivity index (χ3n) is 3.64. The number of imidazole rings is 1. The van der Waals surface area contributed by atoms with Gasteiger partial charge in [0.15, 0.2) is 0 Å². The van der Waals surface area contributed by atoms with Gasteiger partial charge in [-0.15, -0.1) is 0 Å². The monoisotopic (exact) mass is 294 g/mol. The Kier molecular flexibility index (Phi) is 4.14. The fourth-order valence-electron chi connectivity index (χ4n) is 2.66. The first-order chi connectivity index (χ1) is 10.6. The Morgan fingerprint density at radius 3 is 2.68 bits per heavy atom. The summed E-state index contributed by atoms with van der Waals surface area (Å²) in [4.78, 5) is 4.74. The fourth-order valence-corrected chi connectivity index (χ4v) is 2.66. The zero-order valence-corrected chi connectivity index (χ0v) is 13.4. The lowest BCUT2D eigenvalue weighted by atomic mass is 10.2. The maximum atomic E-state index is 5.94. The second-order valence-electron chi connectivity index (χ2n) is 6.13. The molecule has 0 bridgehead atoms. The summed E-state index contributed by atoms with van der Waals surface area (Å²) in [6.45, 7) is 7.96. The van der Waals surface area contributed by atoms with Gasteiger partial charge < -0.3 is 9.30 Å². The molecule has 22 heavy (non-hydrogen) atoms. The zero-order valence-electron chi connectivity index (χ0n) is 13.4. The van der Waals surface area contributed by atoms with Gasteiger partial charge in [-0.1, -0.05) is 38.1 Å². The minimum atomic E-state index is 0.491. The molecular formula is C19H22N2O. The molecule has 0 aliphatic rings. The van der Waals surface area contributed by atoms with Crippen LogP contribution >= 0.6 is 0 Å². The normalized spacial score (nSPS) is 11.3. The van der Waals surface area contributed by atoms with Crippen LogP contribution in [0.1, 0.15) is 25.2 Å². The lowest BCUT2D eigenvalue weighted by molar-refractivity contribution is 0.287. The van der Waals surface area contributed by atoms with Crippen LogP contribution in [0.25, 0.3) is 11.0 Å². The van der Waals surface area contributed by atoms with Gasteiger partial charge in [-0.2, -0.15) is 0 Å². The Morgan fingerprint density at radius 1 is 1.09 bits per heavy atom. The van der Waals surface area contributed by atoms with Crippen LogP contribution in [-0.4, -0.2) is 9.55 Å². The van der Waals surface area contributed by atoms with Gasteiger partial charge in [0.1, 0.15) is 18.2 Å². The maximum absolute atomic E-state index is 5.94. The van der Waals surface area contributed by atoms with Crippen molar-refractivity contribution in [3.8, 4) is 5.75 Å². The molecule has 0 spiro atoms. The van der Waals surface area contributed by atoms with Crippen LogP contribution in [0.4, 0.5) is 0 Å². The predicted octanol–water partition coefficient (Wildman–Crippen LogP) is 4.58. The molecule has 2 aromatic carbocycles. The highest BCUT2D eigenvalue weighted by Crippen LogP contribution is 2.20. The van der Waals surface area contributed by atoms with Gasteiger partial charge in [0.2, 0.25) is 0 Å². The molecule has 3 rings (SSSR count). The van der Waals surface area contributed by atoms with E-state index < -0.39 is 0 Å². The lowest BCUT2D eigenvalue weighted by Gasteiger charge is -2.12. The molecule has 3 heteroatoms. The van der Waals surface area contributed by atoms with Crippen molar-refractivity contribution in [2.24, 2.45) is 5.92 Å². The van der Waals surface area contributed by atoms with E-state index in [0.29, 0.717) is 12.5 Å². The third-order valence-corrected chi connectivity index (χ3v) is 3.64. The number of fused-ring (bicyclic) bond motifs is 1. The van der Waals surface area contributed by atoms with Gasteiger partial charge >= 0.3 is 0 Å². The second-order valence-corrected chi connectivity index (χ2v) is 6.13. The van der Waals surface area contributed by atoms with Crippen LogP contribution in [0, 0.1) is 12.8 Å². The maximum Gasteiger partial charge on any atom is 0.148 e. The van der Waals surface area contributed by atoms with Crippen LogP contribution in [-0.2, 0) is 13.2 Å². The van der Waals surface area contributed by atoms with Crippen molar-refractivity contribution >= 4 is 11.0 Å². The molecule has 0 aliphatic heterocycles. The molecule has 114 valence electrons. The van der Waals surface area contributed by atoms with Crippen molar-refractivity contribution in [2.75, 3.05) is 0 Å². The largest absolute Gasteiger partial charge is 0.486 e. The SMILES string of the molecule is Cc1cccc(OCc2nc3ccccc3n2CC(C)C)c1. The highest BCUT2D eigenvalue weighted by atomic mass is 16.5. The van der Waals surface area contributed by atoms with E-state index in [1.54, 1.807) is 0 Å². The third kappa shape index (κ3) is 3.14. The summed E-state index contributed by atoms with van der Waals surface area (Å²) < 4.78 is 8.21. The van der Waals surface area contributed by atoms with Crippen LogP contribution < -0.4 is 4.74 Å². The minimum absolute atomic E-state index is 0.491. The second kappa shape index (κ2) is 6.22. The number of aromatic nitrogens is 2. The van der Waals surface area contributed by atoms with Crippen LogP contribution in [0.5, 0.6) is 5.75 Å². The Labute approximate surface area is 131 Å². The molecule has 1 aromatic heterocycles. The summed E-state index contributed by atoms with van der Waals surface area (Å²) in [5.41, 5.74) is 3.42. The van der Waals surface area contributed by atoms with Gasteiger partial charge in [0.25, 0.3) is 0 Å². The van der Waals surface area contributed by atoms with E-state index in [0.717, 1.165) is 23.6 Å².